The fourth-order valence-corrected chi connectivity index (χ4v) is 2.60. The predicted octanol–water partition coefficient (Wildman–Crippen LogP) is 3.50. The topological polar surface area (TPSA) is 18.5 Å². The van der Waals surface area contributed by atoms with Crippen molar-refractivity contribution in [2.24, 2.45) is 0 Å². The molecule has 1 saturated carbocycles. The van der Waals surface area contributed by atoms with Crippen LogP contribution in [0.15, 0.2) is 24.3 Å². The molecule has 2 nitrogen and oxygen atoms in total. The molecule has 1 aromatic rings. The van der Waals surface area contributed by atoms with Gasteiger partial charge in [0.15, 0.2) is 5.75 Å². The smallest absolute Gasteiger partial charge is 0.163 e. The molecule has 1 fully saturated rings. The molecule has 5 heteroatoms. The third-order valence-electron chi connectivity index (χ3n) is 3.14. The Labute approximate surface area is 113 Å². The van der Waals surface area contributed by atoms with Crippen molar-refractivity contribution >= 4 is 30.7 Å². The van der Waals surface area contributed by atoms with Crippen molar-refractivity contribution < 1.29 is 9.22 Å². The molecule has 17 heavy (non-hydrogen) atoms. The lowest BCUT2D eigenvalue weighted by atomic mass is 9.84. The maximum Gasteiger partial charge on any atom is 0.163 e. The summed E-state index contributed by atoms with van der Waals surface area (Å²) in [6.07, 6.45) is 6.68. The first-order chi connectivity index (χ1) is 8.25. The quantitative estimate of drug-likeness (QED) is 0.479. The van der Waals surface area contributed by atoms with E-state index in [1.807, 2.05) is 12.1 Å². The van der Waals surface area contributed by atoms with Crippen LogP contribution in [-0.4, -0.2) is 0 Å². The standard InChI is InChI=1S/C12H15O2S3/c15-17(16)14-13-12-8-6-11(7-9-12)10-4-2-1-3-5-10/h6-10H,1-5H2/q-1. The highest BCUT2D eigenvalue weighted by Gasteiger charge is 2.15. The zero-order valence-corrected chi connectivity index (χ0v) is 11.9. The van der Waals surface area contributed by atoms with Gasteiger partial charge in [0.05, 0.1) is 0 Å². The summed E-state index contributed by atoms with van der Waals surface area (Å²) in [4.78, 5) is 5.01. The largest absolute Gasteiger partial charge is 0.357 e. The Morgan fingerprint density at radius 1 is 1.00 bits per heavy atom. The SMILES string of the molecule is S=[S-](=S)OOc1ccc(C2CCCCC2)cc1. The van der Waals surface area contributed by atoms with E-state index in [-0.39, 0.29) is 0 Å². The van der Waals surface area contributed by atoms with Crippen molar-refractivity contribution in [2.45, 2.75) is 38.0 Å². The fourth-order valence-electron chi connectivity index (χ4n) is 2.30. The van der Waals surface area contributed by atoms with Crippen LogP contribution in [0.25, 0.3) is 0 Å². The summed E-state index contributed by atoms with van der Waals surface area (Å²) >= 11 is 9.40. The Bertz CT molecular complexity index is 412. The molecule has 0 unspecified atom stereocenters. The highest BCUT2D eigenvalue weighted by Crippen LogP contribution is 2.33. The molecular formula is C12H15O2S3-. The Hall–Kier alpha value is -0.230. The molecule has 0 atom stereocenters. The van der Waals surface area contributed by atoms with E-state index in [4.69, 9.17) is 31.6 Å². The lowest BCUT2D eigenvalue weighted by Gasteiger charge is -2.22. The van der Waals surface area contributed by atoms with E-state index >= 15 is 0 Å². The molecule has 0 heterocycles. The van der Waals surface area contributed by atoms with E-state index in [0.717, 1.165) is 0 Å². The summed E-state index contributed by atoms with van der Waals surface area (Å²) in [5.41, 5.74) is 1.40. The summed E-state index contributed by atoms with van der Waals surface area (Å²) in [5.74, 6) is 1.38. The zero-order chi connectivity index (χ0) is 12.1. The average Bonchev–Trinajstić information content (AvgIpc) is 2.38. The van der Waals surface area contributed by atoms with Gasteiger partial charge in [-0.05, 0) is 36.5 Å². The van der Waals surface area contributed by atoms with Gasteiger partial charge >= 0.3 is 0 Å². The predicted molar refractivity (Wildman–Crippen MR) is 76.1 cm³/mol. The highest BCUT2D eigenvalue weighted by molar-refractivity contribution is 8.44. The minimum Gasteiger partial charge on any atom is -0.357 e. The van der Waals surface area contributed by atoms with E-state index in [9.17, 15) is 0 Å². The molecule has 0 aromatic heterocycles. The number of rotatable bonds is 4. The van der Waals surface area contributed by atoms with Crippen LogP contribution in [0.4, 0.5) is 0 Å². The monoisotopic (exact) mass is 287 g/mol. The highest BCUT2D eigenvalue weighted by atomic mass is 33.1. The van der Waals surface area contributed by atoms with Gasteiger partial charge in [-0.3, -0.25) is 4.33 Å². The molecule has 2 rings (SSSR count). The van der Waals surface area contributed by atoms with Crippen LogP contribution in [0.2, 0.25) is 0 Å². The Morgan fingerprint density at radius 2 is 1.65 bits per heavy atom. The summed E-state index contributed by atoms with van der Waals surface area (Å²) in [6, 6.07) is 8.06. The van der Waals surface area contributed by atoms with Crippen LogP contribution >= 0.6 is 0 Å². The second kappa shape index (κ2) is 6.64. The van der Waals surface area contributed by atoms with Crippen molar-refractivity contribution in [1.82, 2.24) is 0 Å². The van der Waals surface area contributed by atoms with Crippen LogP contribution < -0.4 is 4.89 Å². The van der Waals surface area contributed by atoms with Crippen molar-refractivity contribution in [3.8, 4) is 5.75 Å². The van der Waals surface area contributed by atoms with E-state index in [2.05, 4.69) is 12.1 Å². The van der Waals surface area contributed by atoms with Crippen LogP contribution in [0.1, 0.15) is 43.6 Å². The van der Waals surface area contributed by atoms with Crippen molar-refractivity contribution in [3.05, 3.63) is 29.8 Å². The normalized spacial score (nSPS) is 17.2. The molecule has 0 radical (unpaired) electrons. The summed E-state index contributed by atoms with van der Waals surface area (Å²) in [5, 5.41) is 0. The van der Waals surface area contributed by atoms with Crippen molar-refractivity contribution in [1.29, 1.82) is 0 Å². The molecule has 1 aromatic carbocycles. The van der Waals surface area contributed by atoms with Gasteiger partial charge in [0.2, 0.25) is 0 Å². The molecule has 1 aliphatic rings. The molecular weight excluding hydrogens is 272 g/mol. The minimum absolute atomic E-state index is 0.664. The molecule has 0 aliphatic heterocycles. The van der Waals surface area contributed by atoms with Crippen LogP contribution in [-0.2, 0) is 35.0 Å². The third-order valence-corrected chi connectivity index (χ3v) is 3.65. The maximum absolute atomic E-state index is 5.01. The first kappa shape index (κ1) is 13.2. The van der Waals surface area contributed by atoms with Gasteiger partial charge in [0, 0.05) is 0 Å². The lowest BCUT2D eigenvalue weighted by molar-refractivity contribution is -0.0771. The molecule has 0 spiro atoms. The lowest BCUT2D eigenvalue weighted by Crippen LogP contribution is -2.04. The second-order valence-corrected chi connectivity index (χ2v) is 7.25. The van der Waals surface area contributed by atoms with Gasteiger partial charge in [-0.15, -0.1) is 0 Å². The van der Waals surface area contributed by atoms with E-state index in [0.29, 0.717) is 11.7 Å². The number of benzene rings is 1. The van der Waals surface area contributed by atoms with Crippen LogP contribution in [0.5, 0.6) is 5.75 Å². The number of hydrogen-bond acceptors (Lipinski definition) is 5. The van der Waals surface area contributed by atoms with E-state index in [1.165, 1.54) is 37.7 Å². The summed E-state index contributed by atoms with van der Waals surface area (Å²) < 4.78 is 4.77. The van der Waals surface area contributed by atoms with Gasteiger partial charge in [0.1, 0.15) is 0 Å². The van der Waals surface area contributed by atoms with Gasteiger partial charge in [0.25, 0.3) is 0 Å². The number of hydrogen-bond donors (Lipinski definition) is 0. The average molecular weight is 287 g/mol. The van der Waals surface area contributed by atoms with Crippen molar-refractivity contribution in [2.75, 3.05) is 0 Å². The Balaban J connectivity index is 1.96. The minimum atomic E-state index is -0.981. The van der Waals surface area contributed by atoms with Gasteiger partial charge in [-0.25, -0.2) is 22.4 Å². The molecule has 0 N–H and O–H groups in total. The fraction of sp³-hybridized carbons (Fsp3) is 0.500. The van der Waals surface area contributed by atoms with Gasteiger partial charge in [-0.2, -0.15) is 8.29 Å². The van der Waals surface area contributed by atoms with E-state index < -0.39 is 8.29 Å². The molecule has 0 amide bonds. The molecule has 1 aliphatic carbocycles. The van der Waals surface area contributed by atoms with Crippen molar-refractivity contribution in [3.63, 3.8) is 0 Å². The second-order valence-electron chi connectivity index (χ2n) is 4.26. The van der Waals surface area contributed by atoms with Gasteiger partial charge in [-0.1, -0.05) is 31.4 Å². The third kappa shape index (κ3) is 4.17. The van der Waals surface area contributed by atoms with Crippen LogP contribution in [0, 0.1) is 0 Å². The van der Waals surface area contributed by atoms with Gasteiger partial charge < -0.3 is 4.89 Å². The Kier molecular flexibility index (Phi) is 5.16. The molecule has 0 saturated heterocycles. The zero-order valence-electron chi connectivity index (χ0n) is 9.46. The summed E-state index contributed by atoms with van der Waals surface area (Å²) in [7, 11) is -0.981. The molecule has 0 bridgehead atoms. The summed E-state index contributed by atoms with van der Waals surface area (Å²) in [6.45, 7) is 0. The van der Waals surface area contributed by atoms with E-state index in [1.54, 1.807) is 0 Å². The maximum atomic E-state index is 5.01. The Morgan fingerprint density at radius 3 is 2.24 bits per heavy atom. The first-order valence-corrected chi connectivity index (χ1v) is 8.80. The molecule has 94 valence electrons. The first-order valence-electron chi connectivity index (χ1n) is 5.80. The van der Waals surface area contributed by atoms with Crippen LogP contribution in [0.3, 0.4) is 0 Å².